The van der Waals surface area contributed by atoms with Gasteiger partial charge in [0.2, 0.25) is 0 Å². The van der Waals surface area contributed by atoms with E-state index in [0.717, 1.165) is 31.2 Å². The van der Waals surface area contributed by atoms with Crippen molar-refractivity contribution in [3.05, 3.63) is 47.5 Å². The first-order valence-electron chi connectivity index (χ1n) is 5.62. The quantitative estimate of drug-likeness (QED) is 0.812. The van der Waals surface area contributed by atoms with E-state index in [0.29, 0.717) is 6.04 Å². The van der Waals surface area contributed by atoms with E-state index in [9.17, 15) is 0 Å². The molecule has 2 nitrogen and oxygen atoms in total. The van der Waals surface area contributed by atoms with Crippen molar-refractivity contribution in [3.8, 4) is 0 Å². The lowest BCUT2D eigenvalue weighted by Gasteiger charge is -2.35. The normalized spacial score (nSPS) is 21.9. The van der Waals surface area contributed by atoms with Crippen molar-refractivity contribution < 1.29 is 0 Å². The van der Waals surface area contributed by atoms with Crippen LogP contribution in [0.3, 0.4) is 0 Å². The van der Waals surface area contributed by atoms with Crippen LogP contribution in [0.2, 0.25) is 5.02 Å². The van der Waals surface area contributed by atoms with Crippen LogP contribution in [0.25, 0.3) is 0 Å². The summed E-state index contributed by atoms with van der Waals surface area (Å²) >= 11 is 6.03. The molecule has 1 unspecified atom stereocenters. The molecule has 1 saturated heterocycles. The molecular weight excluding hydrogens is 220 g/mol. The average molecular weight is 237 g/mol. The molecule has 0 aromatic heterocycles. The van der Waals surface area contributed by atoms with Crippen LogP contribution in [0.4, 0.5) is 0 Å². The molecule has 1 atom stereocenters. The van der Waals surface area contributed by atoms with Crippen molar-refractivity contribution in [2.24, 2.45) is 0 Å². The lowest BCUT2D eigenvalue weighted by Crippen LogP contribution is -2.45. The van der Waals surface area contributed by atoms with Crippen molar-refractivity contribution in [3.63, 3.8) is 0 Å². The third-order valence-corrected chi connectivity index (χ3v) is 3.19. The maximum Gasteiger partial charge on any atom is 0.0477 e. The van der Waals surface area contributed by atoms with Crippen LogP contribution in [-0.2, 0) is 0 Å². The van der Waals surface area contributed by atoms with Crippen LogP contribution in [0.1, 0.15) is 11.6 Å². The molecule has 1 aliphatic heterocycles. The van der Waals surface area contributed by atoms with Gasteiger partial charge in [0.1, 0.15) is 0 Å². The van der Waals surface area contributed by atoms with Crippen LogP contribution in [0, 0.1) is 0 Å². The number of rotatable bonds is 3. The predicted molar refractivity (Wildman–Crippen MR) is 68.8 cm³/mol. The zero-order chi connectivity index (χ0) is 11.4. The summed E-state index contributed by atoms with van der Waals surface area (Å²) in [5.74, 6) is 0. The van der Waals surface area contributed by atoms with E-state index in [2.05, 4.69) is 28.9 Å². The second kappa shape index (κ2) is 5.48. The minimum absolute atomic E-state index is 0.408. The molecule has 86 valence electrons. The molecule has 0 amide bonds. The number of benzene rings is 1. The van der Waals surface area contributed by atoms with Crippen LogP contribution >= 0.6 is 11.6 Å². The summed E-state index contributed by atoms with van der Waals surface area (Å²) in [5.41, 5.74) is 1.28. The number of nitrogens with one attached hydrogen (secondary N) is 1. The molecule has 1 heterocycles. The molecule has 1 aliphatic rings. The van der Waals surface area contributed by atoms with Gasteiger partial charge in [-0.3, -0.25) is 4.90 Å². The van der Waals surface area contributed by atoms with Crippen molar-refractivity contribution >= 4 is 11.6 Å². The zero-order valence-corrected chi connectivity index (χ0v) is 10.1. The van der Waals surface area contributed by atoms with Gasteiger partial charge in [0.25, 0.3) is 0 Å². The molecule has 3 heteroatoms. The van der Waals surface area contributed by atoms with Crippen molar-refractivity contribution in [1.29, 1.82) is 0 Å². The number of halogens is 1. The molecule has 1 N–H and O–H groups in total. The van der Waals surface area contributed by atoms with Crippen LogP contribution in [-0.4, -0.2) is 31.1 Å². The van der Waals surface area contributed by atoms with Gasteiger partial charge >= 0.3 is 0 Å². The van der Waals surface area contributed by atoms with E-state index < -0.39 is 0 Å². The minimum atomic E-state index is 0.408. The topological polar surface area (TPSA) is 15.3 Å². The highest BCUT2D eigenvalue weighted by atomic mass is 35.5. The Morgan fingerprint density at radius 1 is 1.56 bits per heavy atom. The molecule has 1 aromatic rings. The summed E-state index contributed by atoms with van der Waals surface area (Å²) < 4.78 is 0. The van der Waals surface area contributed by atoms with Gasteiger partial charge in [0.05, 0.1) is 0 Å². The Kier molecular flexibility index (Phi) is 3.99. The van der Waals surface area contributed by atoms with Crippen LogP contribution in [0.5, 0.6) is 0 Å². The van der Waals surface area contributed by atoms with Crippen LogP contribution < -0.4 is 5.32 Å². The Morgan fingerprint density at radius 2 is 2.44 bits per heavy atom. The molecule has 1 aromatic carbocycles. The summed E-state index contributed by atoms with van der Waals surface area (Å²) in [5, 5.41) is 4.23. The van der Waals surface area contributed by atoms with Gasteiger partial charge in [-0.05, 0) is 17.7 Å². The van der Waals surface area contributed by atoms with E-state index >= 15 is 0 Å². The van der Waals surface area contributed by atoms with E-state index in [1.54, 1.807) is 0 Å². The highest BCUT2D eigenvalue weighted by Gasteiger charge is 2.22. The standard InChI is InChI=1S/C13H17ClN2/c1-2-7-16-8-6-15-10-13(16)11-4-3-5-12(14)9-11/h2-5,9,13,15H,1,6-8,10H2. The van der Waals surface area contributed by atoms with Crippen molar-refractivity contribution in [2.75, 3.05) is 26.2 Å². The van der Waals surface area contributed by atoms with Gasteiger partial charge in [-0.15, -0.1) is 6.58 Å². The minimum Gasteiger partial charge on any atom is -0.314 e. The highest BCUT2D eigenvalue weighted by molar-refractivity contribution is 6.30. The first kappa shape index (κ1) is 11.6. The third-order valence-electron chi connectivity index (χ3n) is 2.95. The molecule has 0 saturated carbocycles. The molecule has 0 aliphatic carbocycles. The molecular formula is C13H17ClN2. The van der Waals surface area contributed by atoms with Gasteiger partial charge in [-0.25, -0.2) is 0 Å². The zero-order valence-electron chi connectivity index (χ0n) is 9.32. The second-order valence-corrected chi connectivity index (χ2v) is 4.49. The van der Waals surface area contributed by atoms with Gasteiger partial charge in [0.15, 0.2) is 0 Å². The Morgan fingerprint density at radius 3 is 3.19 bits per heavy atom. The smallest absolute Gasteiger partial charge is 0.0477 e. The number of hydrogen-bond donors (Lipinski definition) is 1. The number of piperazine rings is 1. The number of hydrogen-bond acceptors (Lipinski definition) is 2. The summed E-state index contributed by atoms with van der Waals surface area (Å²) in [4.78, 5) is 2.43. The summed E-state index contributed by atoms with van der Waals surface area (Å²) in [7, 11) is 0. The highest BCUT2D eigenvalue weighted by Crippen LogP contribution is 2.24. The van der Waals surface area contributed by atoms with E-state index in [4.69, 9.17) is 11.6 Å². The van der Waals surface area contributed by atoms with Crippen molar-refractivity contribution in [1.82, 2.24) is 10.2 Å². The van der Waals surface area contributed by atoms with Gasteiger partial charge in [-0.2, -0.15) is 0 Å². The Labute approximate surface area is 102 Å². The summed E-state index contributed by atoms with van der Waals surface area (Å²) in [6.07, 6.45) is 1.96. The van der Waals surface area contributed by atoms with Gasteiger partial charge in [0, 0.05) is 37.2 Å². The first-order valence-corrected chi connectivity index (χ1v) is 6.00. The summed E-state index contributed by atoms with van der Waals surface area (Å²) in [6.45, 7) is 7.83. The molecule has 0 spiro atoms. The summed E-state index contributed by atoms with van der Waals surface area (Å²) in [6, 6.07) is 8.53. The average Bonchev–Trinajstić information content (AvgIpc) is 2.30. The van der Waals surface area contributed by atoms with E-state index in [1.165, 1.54) is 5.56 Å². The van der Waals surface area contributed by atoms with E-state index in [1.807, 2.05) is 18.2 Å². The lowest BCUT2D eigenvalue weighted by molar-refractivity contribution is 0.180. The van der Waals surface area contributed by atoms with E-state index in [-0.39, 0.29) is 0 Å². The fourth-order valence-corrected chi connectivity index (χ4v) is 2.37. The van der Waals surface area contributed by atoms with Gasteiger partial charge in [-0.1, -0.05) is 29.8 Å². The van der Waals surface area contributed by atoms with Crippen molar-refractivity contribution in [2.45, 2.75) is 6.04 Å². The fourth-order valence-electron chi connectivity index (χ4n) is 2.17. The molecule has 2 rings (SSSR count). The fraction of sp³-hybridized carbons (Fsp3) is 0.385. The first-order chi connectivity index (χ1) is 7.81. The predicted octanol–water partition coefficient (Wildman–Crippen LogP) is 2.47. The molecule has 1 fully saturated rings. The second-order valence-electron chi connectivity index (χ2n) is 4.06. The van der Waals surface area contributed by atoms with Crippen LogP contribution in [0.15, 0.2) is 36.9 Å². The van der Waals surface area contributed by atoms with Gasteiger partial charge < -0.3 is 5.32 Å². The number of nitrogens with zero attached hydrogens (tertiary/aromatic N) is 1. The maximum atomic E-state index is 6.03. The SMILES string of the molecule is C=CCN1CCNCC1c1cccc(Cl)c1. The third kappa shape index (κ3) is 2.64. The molecule has 0 radical (unpaired) electrons. The Bertz CT molecular complexity index is 365. The molecule has 0 bridgehead atoms. The Balaban J connectivity index is 2.19. The molecule has 16 heavy (non-hydrogen) atoms. The largest absolute Gasteiger partial charge is 0.314 e. The maximum absolute atomic E-state index is 6.03. The monoisotopic (exact) mass is 236 g/mol. The lowest BCUT2D eigenvalue weighted by atomic mass is 10.0. The Hall–Kier alpha value is -0.830.